The summed E-state index contributed by atoms with van der Waals surface area (Å²) in [5, 5.41) is 4.78. The molecule has 27 heavy (non-hydrogen) atoms. The predicted molar refractivity (Wildman–Crippen MR) is 110 cm³/mol. The number of rotatable bonds is 5. The van der Waals surface area contributed by atoms with Crippen LogP contribution in [0.15, 0.2) is 45.3 Å². The van der Waals surface area contributed by atoms with Gasteiger partial charge in [-0.15, -0.1) is 11.3 Å². The Morgan fingerprint density at radius 3 is 2.81 bits per heavy atom. The lowest BCUT2D eigenvalue weighted by Crippen LogP contribution is -2.23. The Labute approximate surface area is 164 Å². The summed E-state index contributed by atoms with van der Waals surface area (Å²) in [4.78, 5) is 32.9. The van der Waals surface area contributed by atoms with Gasteiger partial charge in [-0.2, -0.15) is 5.10 Å². The summed E-state index contributed by atoms with van der Waals surface area (Å²) in [5.74, 6) is -0.102. The third-order valence-electron chi connectivity index (χ3n) is 3.90. The van der Waals surface area contributed by atoms with Gasteiger partial charge in [0.25, 0.3) is 5.56 Å². The Hall–Kier alpha value is -2.77. The predicted octanol–water partition coefficient (Wildman–Crippen LogP) is 3.53. The fourth-order valence-electron chi connectivity index (χ4n) is 2.49. The Morgan fingerprint density at radius 2 is 2.07 bits per heavy atom. The van der Waals surface area contributed by atoms with Crippen LogP contribution in [0.4, 0.5) is 0 Å². The molecule has 2 N–H and O–H groups in total. The smallest absolute Gasteiger partial charge is 0.259 e. The molecule has 2 heterocycles. The summed E-state index contributed by atoms with van der Waals surface area (Å²) < 4.78 is 0. The maximum Gasteiger partial charge on any atom is 0.259 e. The number of amides is 1. The van der Waals surface area contributed by atoms with Gasteiger partial charge in [0.05, 0.1) is 23.1 Å². The van der Waals surface area contributed by atoms with Crippen LogP contribution in [0.3, 0.4) is 0 Å². The number of hydrazone groups is 1. The van der Waals surface area contributed by atoms with Crippen LogP contribution in [-0.4, -0.2) is 22.1 Å². The lowest BCUT2D eigenvalue weighted by molar-refractivity contribution is -0.120. The number of carbonyl (C=O) groups excluding carboxylic acids is 1. The van der Waals surface area contributed by atoms with E-state index in [1.807, 2.05) is 44.2 Å². The monoisotopic (exact) mass is 400 g/mol. The molecule has 138 valence electrons. The quantitative estimate of drug-likeness (QED) is 0.507. The molecule has 3 aromatic rings. The number of halogens is 1. The minimum absolute atomic E-state index is 0.0848. The highest BCUT2D eigenvalue weighted by Crippen LogP contribution is 2.25. The van der Waals surface area contributed by atoms with E-state index in [1.54, 1.807) is 6.08 Å². The first-order valence-corrected chi connectivity index (χ1v) is 9.36. The van der Waals surface area contributed by atoms with Gasteiger partial charge in [-0.05, 0) is 31.1 Å². The molecular formula is C19H17ClN4O2S. The normalized spacial score (nSPS) is 12.0. The van der Waals surface area contributed by atoms with Crippen molar-refractivity contribution in [2.45, 2.75) is 20.3 Å². The summed E-state index contributed by atoms with van der Waals surface area (Å²) in [6.45, 7) is 3.83. The number of benzene rings is 1. The number of aromatic nitrogens is 2. The maximum atomic E-state index is 12.2. The van der Waals surface area contributed by atoms with E-state index in [9.17, 15) is 9.59 Å². The number of carbonyl (C=O) groups is 1. The summed E-state index contributed by atoms with van der Waals surface area (Å²) in [5.41, 5.74) is 3.99. The fraction of sp³-hybridized carbons (Fsp3) is 0.158. The van der Waals surface area contributed by atoms with Crippen molar-refractivity contribution in [3.63, 3.8) is 0 Å². The summed E-state index contributed by atoms with van der Waals surface area (Å²) in [7, 11) is 0. The van der Waals surface area contributed by atoms with Crippen molar-refractivity contribution in [1.29, 1.82) is 0 Å². The molecule has 2 aromatic heterocycles. The molecule has 6 nitrogen and oxygen atoms in total. The topological polar surface area (TPSA) is 87.2 Å². The highest BCUT2D eigenvalue weighted by molar-refractivity contribution is 7.18. The number of hydrogen-bond acceptors (Lipinski definition) is 5. The van der Waals surface area contributed by atoms with E-state index in [0.717, 1.165) is 16.0 Å². The van der Waals surface area contributed by atoms with Crippen molar-refractivity contribution >= 4 is 51.4 Å². The van der Waals surface area contributed by atoms with Gasteiger partial charge in [0.2, 0.25) is 5.91 Å². The molecule has 0 aliphatic heterocycles. The van der Waals surface area contributed by atoms with Crippen molar-refractivity contribution in [3.8, 4) is 0 Å². The van der Waals surface area contributed by atoms with Gasteiger partial charge in [0, 0.05) is 4.88 Å². The van der Waals surface area contributed by atoms with E-state index < -0.39 is 5.91 Å². The molecule has 1 aromatic carbocycles. The Bertz CT molecular complexity index is 1100. The van der Waals surface area contributed by atoms with Gasteiger partial charge in [0.15, 0.2) is 0 Å². The first-order chi connectivity index (χ1) is 12.9. The largest absolute Gasteiger partial charge is 0.309 e. The van der Waals surface area contributed by atoms with E-state index in [-0.39, 0.29) is 12.0 Å². The van der Waals surface area contributed by atoms with Crippen LogP contribution < -0.4 is 11.0 Å². The minimum atomic E-state index is -0.400. The molecule has 0 aliphatic carbocycles. The van der Waals surface area contributed by atoms with Crippen LogP contribution in [-0.2, 0) is 11.2 Å². The summed E-state index contributed by atoms with van der Waals surface area (Å²) in [6.07, 6.45) is 2.99. The van der Waals surface area contributed by atoms with Gasteiger partial charge < -0.3 is 4.98 Å². The third-order valence-corrected chi connectivity index (χ3v) is 5.21. The molecular weight excluding hydrogens is 384 g/mol. The van der Waals surface area contributed by atoms with Crippen molar-refractivity contribution in [2.24, 2.45) is 5.10 Å². The number of aromatic amines is 1. The number of hydrogen-bond donors (Lipinski definition) is 2. The first-order valence-electron chi connectivity index (χ1n) is 8.17. The van der Waals surface area contributed by atoms with Crippen LogP contribution >= 0.6 is 22.9 Å². The van der Waals surface area contributed by atoms with Gasteiger partial charge in [-0.1, -0.05) is 41.9 Å². The molecule has 0 aliphatic rings. The van der Waals surface area contributed by atoms with E-state index in [4.69, 9.17) is 11.6 Å². The van der Waals surface area contributed by atoms with Crippen LogP contribution in [0.1, 0.15) is 21.8 Å². The first kappa shape index (κ1) is 19.0. The minimum Gasteiger partial charge on any atom is -0.309 e. The highest BCUT2D eigenvalue weighted by Gasteiger charge is 2.13. The number of thiophene rings is 1. The molecule has 0 atom stereocenters. The molecule has 0 radical (unpaired) electrons. The number of H-pyrrole nitrogens is 1. The van der Waals surface area contributed by atoms with Crippen LogP contribution in [0, 0.1) is 13.8 Å². The molecule has 0 bridgehead atoms. The zero-order valence-electron chi connectivity index (χ0n) is 14.7. The van der Waals surface area contributed by atoms with Crippen molar-refractivity contribution in [3.05, 3.63) is 67.5 Å². The van der Waals surface area contributed by atoms with Crippen LogP contribution in [0.25, 0.3) is 16.3 Å². The summed E-state index contributed by atoms with van der Waals surface area (Å²) in [6, 6.07) is 9.52. The fourth-order valence-corrected chi connectivity index (χ4v) is 3.71. The standard InChI is InChI=1S/C19H17ClN4O2S/c1-11-12(2)27-19-17(11)18(26)22-15(23-19)9-16(25)24-21-10-14(20)8-13-6-4-3-5-7-13/h3-8,10H,9H2,1-2H3,(H,24,25)(H,22,23,26)/b14-8-,21-10-. The van der Waals surface area contributed by atoms with Crippen LogP contribution in [0.5, 0.6) is 0 Å². The van der Waals surface area contributed by atoms with Crippen molar-refractivity contribution in [1.82, 2.24) is 15.4 Å². The molecule has 0 fully saturated rings. The number of nitrogens with one attached hydrogen (secondary N) is 2. The average molecular weight is 401 g/mol. The van der Waals surface area contributed by atoms with Crippen LogP contribution in [0.2, 0.25) is 0 Å². The number of nitrogens with zero attached hydrogens (tertiary/aromatic N) is 2. The summed E-state index contributed by atoms with van der Waals surface area (Å²) >= 11 is 7.50. The number of allylic oxidation sites excluding steroid dienone is 1. The third kappa shape index (κ3) is 4.69. The number of fused-ring (bicyclic) bond motifs is 1. The zero-order chi connectivity index (χ0) is 19.4. The Balaban J connectivity index is 1.65. The second kappa shape index (κ2) is 8.28. The van der Waals surface area contributed by atoms with E-state index in [2.05, 4.69) is 20.5 Å². The number of aryl methyl sites for hydroxylation is 2. The SMILES string of the molecule is Cc1sc2nc(CC(=O)N/N=C\C(Cl)=C\c3ccccc3)[nH]c(=O)c2c1C. The van der Waals surface area contributed by atoms with E-state index in [1.165, 1.54) is 17.6 Å². The molecule has 0 unspecified atom stereocenters. The molecule has 0 saturated carbocycles. The molecule has 0 saturated heterocycles. The van der Waals surface area contributed by atoms with E-state index in [0.29, 0.717) is 21.1 Å². The van der Waals surface area contributed by atoms with Gasteiger partial charge in [0.1, 0.15) is 10.7 Å². The molecule has 0 spiro atoms. The molecule has 1 amide bonds. The van der Waals surface area contributed by atoms with Crippen molar-refractivity contribution < 1.29 is 4.79 Å². The second-order valence-corrected chi connectivity index (χ2v) is 7.53. The Morgan fingerprint density at radius 1 is 1.33 bits per heavy atom. The zero-order valence-corrected chi connectivity index (χ0v) is 16.3. The van der Waals surface area contributed by atoms with Gasteiger partial charge in [-0.25, -0.2) is 10.4 Å². The maximum absolute atomic E-state index is 12.2. The van der Waals surface area contributed by atoms with Gasteiger partial charge in [-0.3, -0.25) is 9.59 Å². The highest BCUT2D eigenvalue weighted by atomic mass is 35.5. The lowest BCUT2D eigenvalue weighted by Gasteiger charge is -2.00. The molecule has 8 heteroatoms. The lowest BCUT2D eigenvalue weighted by atomic mass is 10.2. The van der Waals surface area contributed by atoms with Gasteiger partial charge >= 0.3 is 0 Å². The molecule has 3 rings (SSSR count). The van der Waals surface area contributed by atoms with Crippen molar-refractivity contribution in [2.75, 3.05) is 0 Å². The second-order valence-electron chi connectivity index (χ2n) is 5.89. The van der Waals surface area contributed by atoms with E-state index >= 15 is 0 Å². The average Bonchev–Trinajstić information content (AvgIpc) is 2.90. The Kier molecular flexibility index (Phi) is 5.83.